The lowest BCUT2D eigenvalue weighted by atomic mass is 10.2. The molecule has 1 N–H and O–H groups in total. The summed E-state index contributed by atoms with van der Waals surface area (Å²) in [5.41, 5.74) is 1.32. The van der Waals surface area contributed by atoms with E-state index in [2.05, 4.69) is 5.32 Å². The van der Waals surface area contributed by atoms with E-state index < -0.39 is 25.7 Å². The first-order chi connectivity index (χ1) is 13.8. The molecule has 3 rings (SSSR count). The van der Waals surface area contributed by atoms with Crippen LogP contribution in [0.25, 0.3) is 0 Å². The normalized spacial score (nSPS) is 16.3. The standard InChI is InChI=1S/C19H23N3O5S2/c1-28(25)14-15-6-5-7-16(12-15)20-18-9-8-17(13-19(18)22(23)24)29(26,27)21-10-3-2-4-11-21/h5-9,12-13,20H,2-4,10-11,14H2,1H3. The van der Waals surface area contributed by atoms with Crippen LogP contribution >= 0.6 is 0 Å². The van der Waals surface area contributed by atoms with Gasteiger partial charge in [0.2, 0.25) is 10.0 Å². The Hall–Kier alpha value is -2.30. The first-order valence-electron chi connectivity index (χ1n) is 9.22. The van der Waals surface area contributed by atoms with Crippen molar-refractivity contribution in [3.05, 3.63) is 58.1 Å². The largest absolute Gasteiger partial charge is 0.350 e. The highest BCUT2D eigenvalue weighted by Gasteiger charge is 2.28. The van der Waals surface area contributed by atoms with Crippen molar-refractivity contribution in [2.45, 2.75) is 29.9 Å². The molecule has 1 aliphatic heterocycles. The molecule has 0 aliphatic carbocycles. The van der Waals surface area contributed by atoms with E-state index in [1.54, 1.807) is 24.5 Å². The zero-order chi connectivity index (χ0) is 21.0. The third kappa shape index (κ3) is 5.20. The van der Waals surface area contributed by atoms with Gasteiger partial charge < -0.3 is 5.32 Å². The summed E-state index contributed by atoms with van der Waals surface area (Å²) in [6, 6.07) is 11.0. The molecule has 1 aliphatic rings. The van der Waals surface area contributed by atoms with Gasteiger partial charge in [0.15, 0.2) is 0 Å². The molecule has 0 spiro atoms. The maximum atomic E-state index is 12.8. The van der Waals surface area contributed by atoms with Crippen LogP contribution in [0.5, 0.6) is 0 Å². The second-order valence-corrected chi connectivity index (χ2v) is 10.3. The van der Waals surface area contributed by atoms with Crippen molar-refractivity contribution in [1.29, 1.82) is 0 Å². The lowest BCUT2D eigenvalue weighted by Crippen LogP contribution is -2.35. The van der Waals surface area contributed by atoms with Crippen LogP contribution in [0.15, 0.2) is 47.4 Å². The van der Waals surface area contributed by atoms with Gasteiger partial charge in [-0.2, -0.15) is 4.31 Å². The number of anilines is 2. The van der Waals surface area contributed by atoms with Gasteiger partial charge >= 0.3 is 0 Å². The molecule has 0 radical (unpaired) electrons. The number of nitrogens with one attached hydrogen (secondary N) is 1. The summed E-state index contributed by atoms with van der Waals surface area (Å²) < 4.78 is 38.5. The SMILES string of the molecule is CS(=O)Cc1cccc(Nc2ccc(S(=O)(=O)N3CCCCC3)cc2[N+](=O)[O-])c1. The van der Waals surface area contributed by atoms with E-state index in [1.807, 2.05) is 6.07 Å². The van der Waals surface area contributed by atoms with Gasteiger partial charge in [0, 0.05) is 47.7 Å². The topological polar surface area (TPSA) is 110 Å². The molecule has 1 fully saturated rings. The molecule has 1 saturated heterocycles. The molecule has 2 aromatic rings. The van der Waals surface area contributed by atoms with E-state index in [0.29, 0.717) is 24.5 Å². The number of nitro benzene ring substituents is 1. The molecular weight excluding hydrogens is 414 g/mol. The minimum absolute atomic E-state index is 0.0771. The Kier molecular flexibility index (Phi) is 6.66. The lowest BCUT2D eigenvalue weighted by Gasteiger charge is -2.25. The zero-order valence-corrected chi connectivity index (χ0v) is 17.7. The Morgan fingerprint density at radius 2 is 1.86 bits per heavy atom. The molecule has 1 heterocycles. The second kappa shape index (κ2) is 9.02. The summed E-state index contributed by atoms with van der Waals surface area (Å²) in [5, 5.41) is 14.6. The fourth-order valence-electron chi connectivity index (χ4n) is 3.31. The monoisotopic (exact) mass is 437 g/mol. The van der Waals surface area contributed by atoms with Gasteiger partial charge in [-0.05, 0) is 42.7 Å². The molecule has 0 saturated carbocycles. The van der Waals surface area contributed by atoms with Crippen LogP contribution in [-0.2, 0) is 26.6 Å². The van der Waals surface area contributed by atoms with Crippen LogP contribution in [0, 0.1) is 10.1 Å². The number of hydrogen-bond acceptors (Lipinski definition) is 6. The fourth-order valence-corrected chi connectivity index (χ4v) is 5.50. The predicted octanol–water partition coefficient (Wildman–Crippen LogP) is 3.39. The summed E-state index contributed by atoms with van der Waals surface area (Å²) in [4.78, 5) is 10.9. The molecule has 0 bridgehead atoms. The molecule has 0 amide bonds. The molecule has 29 heavy (non-hydrogen) atoms. The Labute approximate surface area is 172 Å². The third-order valence-corrected chi connectivity index (χ3v) is 7.33. The molecule has 0 aromatic heterocycles. The number of nitrogens with zero attached hydrogens (tertiary/aromatic N) is 2. The van der Waals surface area contributed by atoms with E-state index in [0.717, 1.165) is 30.9 Å². The van der Waals surface area contributed by atoms with Crippen molar-refractivity contribution in [1.82, 2.24) is 4.31 Å². The second-order valence-electron chi connectivity index (χ2n) is 6.94. The van der Waals surface area contributed by atoms with E-state index in [9.17, 15) is 22.7 Å². The van der Waals surface area contributed by atoms with Crippen LogP contribution in [0.2, 0.25) is 0 Å². The van der Waals surface area contributed by atoms with E-state index in [1.165, 1.54) is 16.4 Å². The number of benzene rings is 2. The smallest absolute Gasteiger partial charge is 0.294 e. The average Bonchev–Trinajstić information content (AvgIpc) is 2.68. The van der Waals surface area contributed by atoms with Crippen molar-refractivity contribution in [3.8, 4) is 0 Å². The number of piperidine rings is 1. The van der Waals surface area contributed by atoms with Crippen molar-refractivity contribution in [3.63, 3.8) is 0 Å². The number of sulfonamides is 1. The Morgan fingerprint density at radius 1 is 1.14 bits per heavy atom. The summed E-state index contributed by atoms with van der Waals surface area (Å²) in [7, 11) is -4.77. The van der Waals surface area contributed by atoms with Crippen molar-refractivity contribution in [2.75, 3.05) is 24.7 Å². The fraction of sp³-hybridized carbons (Fsp3) is 0.368. The molecule has 2 aromatic carbocycles. The van der Waals surface area contributed by atoms with Crippen LogP contribution < -0.4 is 5.32 Å². The summed E-state index contributed by atoms with van der Waals surface area (Å²) in [5.74, 6) is 0.380. The van der Waals surface area contributed by atoms with Gasteiger partial charge in [-0.25, -0.2) is 8.42 Å². The quantitative estimate of drug-likeness (QED) is 0.525. The Balaban J connectivity index is 1.91. The van der Waals surface area contributed by atoms with Gasteiger partial charge in [0.1, 0.15) is 5.69 Å². The highest BCUT2D eigenvalue weighted by molar-refractivity contribution is 7.89. The number of rotatable bonds is 7. The van der Waals surface area contributed by atoms with E-state index in [-0.39, 0.29) is 16.3 Å². The highest BCUT2D eigenvalue weighted by atomic mass is 32.2. The van der Waals surface area contributed by atoms with Crippen LogP contribution in [0.3, 0.4) is 0 Å². The molecule has 1 atom stereocenters. The first-order valence-corrected chi connectivity index (χ1v) is 12.4. The van der Waals surface area contributed by atoms with Crippen molar-refractivity contribution < 1.29 is 17.6 Å². The van der Waals surface area contributed by atoms with Crippen LogP contribution in [-0.4, -0.2) is 41.2 Å². The third-order valence-electron chi connectivity index (χ3n) is 4.69. The summed E-state index contributed by atoms with van der Waals surface area (Å²) in [6.07, 6.45) is 4.17. The predicted molar refractivity (Wildman–Crippen MR) is 113 cm³/mol. The van der Waals surface area contributed by atoms with Crippen LogP contribution in [0.4, 0.5) is 17.1 Å². The van der Waals surface area contributed by atoms with Gasteiger partial charge in [-0.1, -0.05) is 18.6 Å². The number of nitro groups is 1. The molecule has 156 valence electrons. The molecular formula is C19H23N3O5S2. The lowest BCUT2D eigenvalue weighted by molar-refractivity contribution is -0.384. The van der Waals surface area contributed by atoms with E-state index >= 15 is 0 Å². The summed E-state index contributed by atoms with van der Waals surface area (Å²) in [6.45, 7) is 0.865. The van der Waals surface area contributed by atoms with Gasteiger partial charge in [-0.15, -0.1) is 0 Å². The molecule has 1 unspecified atom stereocenters. The Morgan fingerprint density at radius 3 is 2.52 bits per heavy atom. The molecule has 10 heteroatoms. The van der Waals surface area contributed by atoms with Crippen molar-refractivity contribution in [2.24, 2.45) is 0 Å². The zero-order valence-electron chi connectivity index (χ0n) is 16.0. The minimum Gasteiger partial charge on any atom is -0.350 e. The molecule has 8 nitrogen and oxygen atoms in total. The Bertz CT molecular complexity index is 1030. The van der Waals surface area contributed by atoms with Crippen LogP contribution in [0.1, 0.15) is 24.8 Å². The highest BCUT2D eigenvalue weighted by Crippen LogP contribution is 2.32. The first kappa shape index (κ1) is 21.4. The van der Waals surface area contributed by atoms with E-state index in [4.69, 9.17) is 0 Å². The van der Waals surface area contributed by atoms with Gasteiger partial charge in [-0.3, -0.25) is 14.3 Å². The number of hydrogen-bond donors (Lipinski definition) is 1. The average molecular weight is 438 g/mol. The van der Waals surface area contributed by atoms with Crippen molar-refractivity contribution >= 4 is 37.9 Å². The maximum absolute atomic E-state index is 12.8. The summed E-state index contributed by atoms with van der Waals surface area (Å²) >= 11 is 0. The minimum atomic E-state index is -3.76. The van der Waals surface area contributed by atoms with Gasteiger partial charge in [0.05, 0.1) is 9.82 Å². The maximum Gasteiger partial charge on any atom is 0.294 e. The van der Waals surface area contributed by atoms with Gasteiger partial charge in [0.25, 0.3) is 5.69 Å².